The summed E-state index contributed by atoms with van der Waals surface area (Å²) >= 11 is 0. The van der Waals surface area contributed by atoms with E-state index in [4.69, 9.17) is 0 Å². The van der Waals surface area contributed by atoms with Gasteiger partial charge in [0.15, 0.2) is 0 Å². The van der Waals surface area contributed by atoms with Crippen LogP contribution in [0.2, 0.25) is 0 Å². The highest BCUT2D eigenvalue weighted by Crippen LogP contribution is 2.54. The Balaban J connectivity index is 1.55. The van der Waals surface area contributed by atoms with Crippen LogP contribution in [0.15, 0.2) is 0 Å². The molecule has 1 amide bonds. The van der Waals surface area contributed by atoms with Crippen molar-refractivity contribution < 1.29 is 9.90 Å². The molecule has 3 aliphatic carbocycles. The molecule has 0 saturated heterocycles. The number of carbonyl (C=O) groups excluding carboxylic acids is 1. The Morgan fingerprint density at radius 1 is 1.38 bits per heavy atom. The average Bonchev–Trinajstić information content (AvgIpc) is 3.17. The van der Waals surface area contributed by atoms with Crippen LogP contribution in [0.1, 0.15) is 39.0 Å². The molecule has 0 aliphatic heterocycles. The van der Waals surface area contributed by atoms with E-state index in [0.717, 1.165) is 25.2 Å². The Labute approximate surface area is 96.6 Å². The smallest absolute Gasteiger partial charge is 0.223 e. The number of nitrogens with one attached hydrogen (secondary N) is 1. The van der Waals surface area contributed by atoms with Crippen LogP contribution < -0.4 is 5.32 Å². The lowest BCUT2D eigenvalue weighted by Gasteiger charge is -2.29. The molecule has 0 aromatic carbocycles. The van der Waals surface area contributed by atoms with E-state index in [1.54, 1.807) is 0 Å². The quantitative estimate of drug-likeness (QED) is 0.738. The molecule has 3 atom stereocenters. The minimum absolute atomic E-state index is 0.0736. The van der Waals surface area contributed by atoms with Gasteiger partial charge in [-0.1, -0.05) is 0 Å². The molecule has 0 bridgehead atoms. The first-order chi connectivity index (χ1) is 7.64. The normalized spacial score (nSPS) is 36.6. The maximum absolute atomic E-state index is 12.0. The first-order valence-electron chi connectivity index (χ1n) is 6.57. The maximum atomic E-state index is 12.0. The molecule has 3 heteroatoms. The summed E-state index contributed by atoms with van der Waals surface area (Å²) in [6.07, 6.45) is 6.04. The first-order valence-corrected chi connectivity index (χ1v) is 6.57. The molecule has 0 heterocycles. The van der Waals surface area contributed by atoms with Gasteiger partial charge in [0.2, 0.25) is 5.91 Å². The molecule has 0 aromatic rings. The van der Waals surface area contributed by atoms with E-state index in [-0.39, 0.29) is 24.0 Å². The third kappa shape index (κ3) is 1.86. The van der Waals surface area contributed by atoms with Gasteiger partial charge in [0.25, 0.3) is 0 Å². The highest BCUT2D eigenvalue weighted by molar-refractivity contribution is 5.82. The molecule has 0 aromatic heterocycles. The molecule has 3 nitrogen and oxygen atoms in total. The van der Waals surface area contributed by atoms with Crippen LogP contribution in [0.25, 0.3) is 0 Å². The fourth-order valence-electron chi connectivity index (χ4n) is 2.93. The molecule has 3 rings (SSSR count). The summed E-state index contributed by atoms with van der Waals surface area (Å²) in [4.78, 5) is 12.0. The summed E-state index contributed by atoms with van der Waals surface area (Å²) in [5.41, 5.74) is -0.353. The second kappa shape index (κ2) is 3.46. The molecule has 0 radical (unpaired) electrons. The van der Waals surface area contributed by atoms with Crippen molar-refractivity contribution in [3.63, 3.8) is 0 Å². The molecular formula is C13H21NO2. The molecule has 3 fully saturated rings. The zero-order chi connectivity index (χ0) is 11.3. The van der Waals surface area contributed by atoms with Gasteiger partial charge in [-0.15, -0.1) is 0 Å². The van der Waals surface area contributed by atoms with Crippen LogP contribution in [0.4, 0.5) is 0 Å². The first kappa shape index (κ1) is 10.6. The Hall–Kier alpha value is -0.570. The molecular weight excluding hydrogens is 202 g/mol. The lowest BCUT2D eigenvalue weighted by atomic mass is 9.96. The van der Waals surface area contributed by atoms with Crippen LogP contribution in [0.3, 0.4) is 0 Å². The van der Waals surface area contributed by atoms with E-state index in [0.29, 0.717) is 11.8 Å². The van der Waals surface area contributed by atoms with Gasteiger partial charge in [-0.2, -0.15) is 0 Å². The van der Waals surface area contributed by atoms with E-state index in [9.17, 15) is 9.90 Å². The fourth-order valence-corrected chi connectivity index (χ4v) is 2.93. The number of hydrogen-bond donors (Lipinski definition) is 2. The van der Waals surface area contributed by atoms with Crippen molar-refractivity contribution >= 4 is 5.91 Å². The van der Waals surface area contributed by atoms with Crippen molar-refractivity contribution in [2.45, 2.75) is 44.6 Å². The third-order valence-corrected chi connectivity index (χ3v) is 4.62. The van der Waals surface area contributed by atoms with Crippen molar-refractivity contribution in [2.24, 2.45) is 23.7 Å². The van der Waals surface area contributed by atoms with E-state index < -0.39 is 0 Å². The van der Waals surface area contributed by atoms with Crippen LogP contribution in [-0.2, 0) is 4.79 Å². The van der Waals surface area contributed by atoms with Gasteiger partial charge >= 0.3 is 0 Å². The molecule has 3 saturated carbocycles. The molecule has 16 heavy (non-hydrogen) atoms. The molecule has 2 N–H and O–H groups in total. The van der Waals surface area contributed by atoms with Crippen molar-refractivity contribution in [2.75, 3.05) is 6.61 Å². The Kier molecular flexibility index (Phi) is 2.29. The third-order valence-electron chi connectivity index (χ3n) is 4.62. The topological polar surface area (TPSA) is 49.3 Å². The van der Waals surface area contributed by atoms with Gasteiger partial charge in [-0.3, -0.25) is 4.79 Å². The summed E-state index contributed by atoms with van der Waals surface area (Å²) < 4.78 is 0. The summed E-state index contributed by atoms with van der Waals surface area (Å²) in [5, 5.41) is 12.5. The highest BCUT2D eigenvalue weighted by atomic mass is 16.3. The molecule has 0 spiro atoms. The van der Waals surface area contributed by atoms with E-state index in [1.807, 2.05) is 6.92 Å². The molecule has 3 aliphatic rings. The largest absolute Gasteiger partial charge is 0.394 e. The van der Waals surface area contributed by atoms with Crippen molar-refractivity contribution in [3.8, 4) is 0 Å². The number of hydrogen-bond acceptors (Lipinski definition) is 2. The minimum atomic E-state index is -0.353. The Morgan fingerprint density at radius 2 is 2.06 bits per heavy atom. The summed E-state index contributed by atoms with van der Waals surface area (Å²) in [6.45, 7) is 2.06. The number of aliphatic hydroxyl groups is 1. The highest BCUT2D eigenvalue weighted by Gasteiger charge is 2.53. The van der Waals surface area contributed by atoms with Crippen molar-refractivity contribution in [3.05, 3.63) is 0 Å². The van der Waals surface area contributed by atoms with Gasteiger partial charge in [0.05, 0.1) is 12.1 Å². The molecule has 3 unspecified atom stereocenters. The Morgan fingerprint density at radius 3 is 2.56 bits per heavy atom. The number of carbonyl (C=O) groups is 1. The van der Waals surface area contributed by atoms with E-state index in [2.05, 4.69) is 5.32 Å². The maximum Gasteiger partial charge on any atom is 0.223 e. The number of amides is 1. The van der Waals surface area contributed by atoms with Crippen LogP contribution in [0, 0.1) is 23.7 Å². The standard InChI is InChI=1S/C13H21NO2/c1-13(7-15,9-4-5-9)14-12(16)11-6-10(11)8-2-3-8/h8-11,15H,2-7H2,1H3,(H,14,16). The predicted molar refractivity (Wildman–Crippen MR) is 60.7 cm³/mol. The SMILES string of the molecule is CC(CO)(NC(=O)C1CC1C1CC1)C1CC1. The fraction of sp³-hybridized carbons (Fsp3) is 0.923. The lowest BCUT2D eigenvalue weighted by molar-refractivity contribution is -0.125. The van der Waals surface area contributed by atoms with Gasteiger partial charge in [-0.05, 0) is 56.8 Å². The monoisotopic (exact) mass is 223 g/mol. The second-order valence-corrected chi connectivity index (χ2v) is 6.18. The van der Waals surface area contributed by atoms with Crippen LogP contribution >= 0.6 is 0 Å². The lowest BCUT2D eigenvalue weighted by Crippen LogP contribution is -2.51. The second-order valence-electron chi connectivity index (χ2n) is 6.18. The van der Waals surface area contributed by atoms with Crippen LogP contribution in [0.5, 0.6) is 0 Å². The predicted octanol–water partition coefficient (Wildman–Crippen LogP) is 1.31. The van der Waals surface area contributed by atoms with Crippen molar-refractivity contribution in [1.82, 2.24) is 5.32 Å². The van der Waals surface area contributed by atoms with Crippen molar-refractivity contribution in [1.29, 1.82) is 0 Å². The summed E-state index contributed by atoms with van der Waals surface area (Å²) in [5.74, 6) is 2.47. The zero-order valence-electron chi connectivity index (χ0n) is 9.91. The zero-order valence-corrected chi connectivity index (χ0v) is 9.91. The van der Waals surface area contributed by atoms with E-state index in [1.165, 1.54) is 12.8 Å². The minimum Gasteiger partial charge on any atom is -0.394 e. The van der Waals surface area contributed by atoms with E-state index >= 15 is 0 Å². The summed E-state index contributed by atoms with van der Waals surface area (Å²) in [6, 6.07) is 0. The summed E-state index contributed by atoms with van der Waals surface area (Å²) in [7, 11) is 0. The number of rotatable bonds is 5. The van der Waals surface area contributed by atoms with Gasteiger partial charge in [-0.25, -0.2) is 0 Å². The molecule has 90 valence electrons. The van der Waals surface area contributed by atoms with Gasteiger partial charge < -0.3 is 10.4 Å². The Bertz CT molecular complexity index is 309. The van der Waals surface area contributed by atoms with Gasteiger partial charge in [0, 0.05) is 5.92 Å². The number of aliphatic hydroxyl groups excluding tert-OH is 1. The van der Waals surface area contributed by atoms with Gasteiger partial charge in [0.1, 0.15) is 0 Å². The average molecular weight is 223 g/mol. The van der Waals surface area contributed by atoms with Crippen LogP contribution in [-0.4, -0.2) is 23.2 Å².